The van der Waals surface area contributed by atoms with E-state index in [1.165, 1.54) is 12.3 Å². The number of benzene rings is 1. The van der Waals surface area contributed by atoms with Crippen LogP contribution in [0.25, 0.3) is 11.3 Å². The molecule has 0 fully saturated rings. The summed E-state index contributed by atoms with van der Waals surface area (Å²) in [7, 11) is 0. The van der Waals surface area contributed by atoms with Gasteiger partial charge in [-0.3, -0.25) is 0 Å². The van der Waals surface area contributed by atoms with Gasteiger partial charge in [0.1, 0.15) is 6.07 Å². The molecule has 1 heterocycles. The molecule has 0 bridgehead atoms. The second kappa shape index (κ2) is 4.28. The summed E-state index contributed by atoms with van der Waals surface area (Å²) in [6, 6.07) is 6.50. The maximum atomic E-state index is 10.9. The fraction of sp³-hybridized carbons (Fsp3) is 0. The van der Waals surface area contributed by atoms with Crippen molar-refractivity contribution in [1.82, 2.24) is 9.97 Å². The maximum Gasteiger partial charge on any atom is 0.337 e. The molecule has 2 N–H and O–H groups in total. The van der Waals surface area contributed by atoms with Crippen LogP contribution < -0.4 is 0 Å². The highest BCUT2D eigenvalue weighted by Crippen LogP contribution is 2.29. The van der Waals surface area contributed by atoms with E-state index in [1.807, 2.05) is 6.07 Å². The SMILES string of the molecule is N#Cc1ncc(-c2cccc(C(=O)O)c2Cl)[nH]1. The van der Waals surface area contributed by atoms with Crippen molar-refractivity contribution in [1.29, 1.82) is 5.26 Å². The summed E-state index contributed by atoms with van der Waals surface area (Å²) in [5, 5.41) is 17.7. The number of hydrogen-bond acceptors (Lipinski definition) is 3. The average molecular weight is 248 g/mol. The molecule has 2 aromatic rings. The van der Waals surface area contributed by atoms with Crippen molar-refractivity contribution < 1.29 is 9.90 Å². The van der Waals surface area contributed by atoms with Gasteiger partial charge >= 0.3 is 5.97 Å². The van der Waals surface area contributed by atoms with Gasteiger partial charge in [-0.25, -0.2) is 9.78 Å². The fourth-order valence-corrected chi connectivity index (χ4v) is 1.73. The van der Waals surface area contributed by atoms with Crippen LogP contribution in [0.2, 0.25) is 5.02 Å². The summed E-state index contributed by atoms with van der Waals surface area (Å²) in [5.74, 6) is -0.950. The Morgan fingerprint density at radius 3 is 2.88 bits per heavy atom. The second-order valence-electron chi connectivity index (χ2n) is 3.23. The molecule has 2 rings (SSSR count). The number of carboxylic acids is 1. The third-order valence-electron chi connectivity index (χ3n) is 2.20. The van der Waals surface area contributed by atoms with Crippen LogP contribution in [-0.4, -0.2) is 21.0 Å². The highest BCUT2D eigenvalue weighted by molar-refractivity contribution is 6.36. The summed E-state index contributed by atoms with van der Waals surface area (Å²) >= 11 is 5.98. The first-order chi connectivity index (χ1) is 8.13. The largest absolute Gasteiger partial charge is 0.478 e. The number of imidazole rings is 1. The highest BCUT2D eigenvalue weighted by atomic mass is 35.5. The molecule has 6 heteroatoms. The number of carbonyl (C=O) groups is 1. The number of hydrogen-bond donors (Lipinski definition) is 2. The lowest BCUT2D eigenvalue weighted by atomic mass is 10.1. The number of aromatic amines is 1. The number of nitrogens with zero attached hydrogens (tertiary/aromatic N) is 2. The normalized spacial score (nSPS) is 9.88. The molecule has 0 amide bonds. The Morgan fingerprint density at radius 2 is 2.29 bits per heavy atom. The number of carboxylic acid groups (broad SMARTS) is 1. The zero-order valence-corrected chi connectivity index (χ0v) is 9.19. The highest BCUT2D eigenvalue weighted by Gasteiger charge is 2.14. The third kappa shape index (κ3) is 1.98. The van der Waals surface area contributed by atoms with Gasteiger partial charge in [0.25, 0.3) is 0 Å². The van der Waals surface area contributed by atoms with E-state index < -0.39 is 5.97 Å². The van der Waals surface area contributed by atoms with Crippen LogP contribution in [0.3, 0.4) is 0 Å². The molecule has 0 saturated carbocycles. The Labute approximate surface area is 101 Å². The van der Waals surface area contributed by atoms with Gasteiger partial charge < -0.3 is 10.1 Å². The van der Waals surface area contributed by atoms with Gasteiger partial charge in [0, 0.05) is 5.56 Å². The molecule has 84 valence electrons. The van der Waals surface area contributed by atoms with Crippen molar-refractivity contribution in [3.05, 3.63) is 40.8 Å². The molecule has 0 aliphatic heterocycles. The van der Waals surface area contributed by atoms with E-state index in [0.717, 1.165) is 0 Å². The Morgan fingerprint density at radius 1 is 1.53 bits per heavy atom. The van der Waals surface area contributed by atoms with Gasteiger partial charge in [0.05, 0.1) is 22.5 Å². The molecule has 0 aliphatic carbocycles. The van der Waals surface area contributed by atoms with E-state index in [-0.39, 0.29) is 16.4 Å². The van der Waals surface area contributed by atoms with Crippen molar-refractivity contribution in [2.75, 3.05) is 0 Å². The van der Waals surface area contributed by atoms with Crippen LogP contribution in [0.5, 0.6) is 0 Å². The van der Waals surface area contributed by atoms with Crippen molar-refractivity contribution in [3.8, 4) is 17.3 Å². The third-order valence-corrected chi connectivity index (χ3v) is 2.61. The summed E-state index contributed by atoms with van der Waals surface area (Å²) in [5.41, 5.74) is 1.02. The fourth-order valence-electron chi connectivity index (χ4n) is 1.42. The number of nitriles is 1. The van der Waals surface area contributed by atoms with E-state index >= 15 is 0 Å². The number of aromatic nitrogens is 2. The van der Waals surface area contributed by atoms with Gasteiger partial charge in [-0.15, -0.1) is 0 Å². The Balaban J connectivity index is 2.57. The summed E-state index contributed by atoms with van der Waals surface area (Å²) < 4.78 is 0. The topological polar surface area (TPSA) is 89.8 Å². The minimum atomic E-state index is -1.10. The number of rotatable bonds is 2. The summed E-state index contributed by atoms with van der Waals surface area (Å²) in [6.07, 6.45) is 1.44. The Hall–Kier alpha value is -2.32. The van der Waals surface area contributed by atoms with Crippen molar-refractivity contribution in [2.24, 2.45) is 0 Å². The zero-order chi connectivity index (χ0) is 12.4. The summed E-state index contributed by atoms with van der Waals surface area (Å²) in [4.78, 5) is 17.4. The minimum absolute atomic E-state index is 0.0114. The number of H-pyrrole nitrogens is 1. The van der Waals surface area contributed by atoms with Crippen molar-refractivity contribution in [3.63, 3.8) is 0 Å². The lowest BCUT2D eigenvalue weighted by molar-refractivity contribution is 0.0697. The molecule has 0 radical (unpaired) electrons. The molecule has 1 aromatic heterocycles. The van der Waals surface area contributed by atoms with Crippen LogP contribution in [0.4, 0.5) is 0 Å². The zero-order valence-electron chi connectivity index (χ0n) is 8.44. The van der Waals surface area contributed by atoms with Crippen molar-refractivity contribution in [2.45, 2.75) is 0 Å². The number of aromatic carboxylic acids is 1. The first-order valence-electron chi connectivity index (χ1n) is 4.60. The molecule has 5 nitrogen and oxygen atoms in total. The molecule has 0 saturated heterocycles. The lowest BCUT2D eigenvalue weighted by Crippen LogP contribution is -1.98. The minimum Gasteiger partial charge on any atom is -0.478 e. The molecule has 0 unspecified atom stereocenters. The van der Waals surface area contributed by atoms with Gasteiger partial charge in [0.2, 0.25) is 5.82 Å². The van der Waals surface area contributed by atoms with Gasteiger partial charge in [-0.1, -0.05) is 23.7 Å². The Bertz CT molecular complexity index is 628. The standard InChI is InChI=1S/C11H6ClN3O2/c12-10-6(2-1-3-7(10)11(16)17)8-5-14-9(4-13)15-8/h1-3,5H,(H,14,15)(H,16,17). The predicted molar refractivity (Wildman–Crippen MR) is 60.7 cm³/mol. The predicted octanol–water partition coefficient (Wildman–Crippen LogP) is 2.30. The molecular formula is C11H6ClN3O2. The molecular weight excluding hydrogens is 242 g/mol. The quantitative estimate of drug-likeness (QED) is 0.852. The van der Waals surface area contributed by atoms with E-state index in [2.05, 4.69) is 9.97 Å². The van der Waals surface area contributed by atoms with Gasteiger partial charge in [-0.2, -0.15) is 5.26 Å². The van der Waals surface area contributed by atoms with E-state index in [0.29, 0.717) is 11.3 Å². The summed E-state index contributed by atoms with van der Waals surface area (Å²) in [6.45, 7) is 0. The molecule has 0 atom stereocenters. The second-order valence-corrected chi connectivity index (χ2v) is 3.61. The van der Waals surface area contributed by atoms with Crippen LogP contribution in [-0.2, 0) is 0 Å². The van der Waals surface area contributed by atoms with E-state index in [1.54, 1.807) is 12.1 Å². The smallest absolute Gasteiger partial charge is 0.337 e. The lowest BCUT2D eigenvalue weighted by Gasteiger charge is -2.04. The molecule has 17 heavy (non-hydrogen) atoms. The van der Waals surface area contributed by atoms with E-state index in [4.69, 9.17) is 22.0 Å². The first kappa shape index (κ1) is 11.2. The monoisotopic (exact) mass is 247 g/mol. The van der Waals surface area contributed by atoms with E-state index in [9.17, 15) is 4.79 Å². The number of nitrogens with one attached hydrogen (secondary N) is 1. The molecule has 0 spiro atoms. The Kier molecular flexibility index (Phi) is 2.81. The number of halogens is 1. The first-order valence-corrected chi connectivity index (χ1v) is 4.98. The van der Waals surface area contributed by atoms with Crippen LogP contribution in [0, 0.1) is 11.3 Å². The van der Waals surface area contributed by atoms with Crippen LogP contribution in [0.1, 0.15) is 16.2 Å². The van der Waals surface area contributed by atoms with Gasteiger partial charge in [-0.05, 0) is 6.07 Å². The van der Waals surface area contributed by atoms with Crippen LogP contribution >= 0.6 is 11.6 Å². The molecule has 1 aromatic carbocycles. The van der Waals surface area contributed by atoms with Crippen molar-refractivity contribution >= 4 is 17.6 Å². The maximum absolute atomic E-state index is 10.9. The molecule has 0 aliphatic rings. The van der Waals surface area contributed by atoms with Gasteiger partial charge in [0.15, 0.2) is 0 Å². The average Bonchev–Trinajstić information content (AvgIpc) is 2.77. The van der Waals surface area contributed by atoms with Crippen LogP contribution in [0.15, 0.2) is 24.4 Å².